The number of aromatic nitrogens is 2. The van der Waals surface area contributed by atoms with Crippen LogP contribution in [0.25, 0.3) is 0 Å². The second kappa shape index (κ2) is 18.8. The van der Waals surface area contributed by atoms with Crippen molar-refractivity contribution in [2.45, 2.75) is 80.3 Å². The predicted molar refractivity (Wildman–Crippen MR) is 171 cm³/mol. The number of rotatable bonds is 16. The number of allylic oxidation sites excluding steroid dienone is 5. The Morgan fingerprint density at radius 2 is 1.63 bits per heavy atom. The predicted octanol–water partition coefficient (Wildman–Crippen LogP) is 8.20. The summed E-state index contributed by atoms with van der Waals surface area (Å²) in [5.41, 5.74) is 4.02. The summed E-state index contributed by atoms with van der Waals surface area (Å²) in [6, 6.07) is 3.63. The molecule has 0 bridgehead atoms. The highest BCUT2D eigenvalue weighted by Crippen LogP contribution is 2.41. The van der Waals surface area contributed by atoms with Crippen molar-refractivity contribution >= 4 is 11.6 Å². The van der Waals surface area contributed by atoms with Crippen molar-refractivity contribution in [2.24, 2.45) is 5.41 Å². The molecule has 0 spiro atoms. The van der Waals surface area contributed by atoms with Gasteiger partial charge >= 0.3 is 0 Å². The second-order valence-corrected chi connectivity index (χ2v) is 10.7. The molecule has 0 radical (unpaired) electrons. The number of Topliss-reactive ketones (excluding diaryl/α,β-unsaturated/α-hetero) is 1. The van der Waals surface area contributed by atoms with Gasteiger partial charge in [-0.15, -0.1) is 10.2 Å². The molecule has 1 saturated heterocycles. The second-order valence-electron chi connectivity index (χ2n) is 10.7. The molecule has 1 aromatic rings. The van der Waals surface area contributed by atoms with Gasteiger partial charge in [0.15, 0.2) is 0 Å². The van der Waals surface area contributed by atoms with Crippen molar-refractivity contribution < 1.29 is 13.9 Å². The number of ketones is 1. The van der Waals surface area contributed by atoms with Crippen molar-refractivity contribution in [1.29, 1.82) is 0 Å². The maximum absolute atomic E-state index is 13.2. The molecule has 0 amide bonds. The van der Waals surface area contributed by atoms with E-state index < -0.39 is 6.17 Å². The van der Waals surface area contributed by atoms with E-state index in [-0.39, 0.29) is 5.78 Å². The van der Waals surface area contributed by atoms with E-state index in [4.69, 9.17) is 4.74 Å². The zero-order valence-electron chi connectivity index (χ0n) is 26.3. The standard InChI is InChI=1S/C31H45FN4O.C3H6O/c1-8-18-31(19-9-2)22-36(23-31)25(6)13-15-27(10-3)20-33-29-16-17-30(35-34-29)37-21-28(11-4)14-12-24(5)26(7)32;1-3(2)4/h10-17,26H,5-6,8-9,18-23H2,1-4,7H3,(H,33,34);1-2H3/b14-12-,15-13-,27-10+,28-11+;. The van der Waals surface area contributed by atoms with Gasteiger partial charge in [0.05, 0.1) is 0 Å². The van der Waals surface area contributed by atoms with Crippen LogP contribution in [0.15, 0.2) is 84.2 Å². The van der Waals surface area contributed by atoms with Crippen LogP contribution in [-0.2, 0) is 4.79 Å². The molecule has 1 N–H and O–H groups in total. The first kappa shape index (κ1) is 35.5. The largest absolute Gasteiger partial charge is 0.472 e. The molecule has 226 valence electrons. The van der Waals surface area contributed by atoms with E-state index >= 15 is 0 Å². The molecule has 0 aliphatic carbocycles. The fraction of sp³-hybridized carbons (Fsp3) is 0.500. The van der Waals surface area contributed by atoms with Gasteiger partial charge in [-0.3, -0.25) is 0 Å². The van der Waals surface area contributed by atoms with E-state index in [2.05, 4.69) is 65.6 Å². The van der Waals surface area contributed by atoms with E-state index in [0.29, 0.717) is 35.8 Å². The smallest absolute Gasteiger partial charge is 0.233 e. The zero-order chi connectivity index (χ0) is 30.8. The number of hydrogen-bond acceptors (Lipinski definition) is 6. The Bertz CT molecular complexity index is 1080. The number of alkyl halides is 1. The summed E-state index contributed by atoms with van der Waals surface area (Å²) in [5, 5.41) is 11.7. The van der Waals surface area contributed by atoms with Crippen LogP contribution in [-0.4, -0.2) is 53.3 Å². The number of likely N-dealkylation sites (tertiary alicyclic amines) is 1. The van der Waals surface area contributed by atoms with E-state index in [1.54, 1.807) is 18.2 Å². The highest BCUT2D eigenvalue weighted by molar-refractivity contribution is 5.72. The van der Waals surface area contributed by atoms with Gasteiger partial charge < -0.3 is 19.7 Å². The van der Waals surface area contributed by atoms with Crippen LogP contribution in [0.4, 0.5) is 10.2 Å². The maximum atomic E-state index is 13.2. The van der Waals surface area contributed by atoms with E-state index in [9.17, 15) is 9.18 Å². The molecule has 1 fully saturated rings. The molecular formula is C34H51FN4O2. The van der Waals surface area contributed by atoms with Crippen molar-refractivity contribution in [3.63, 3.8) is 0 Å². The SMILES string of the molecule is C=C(/C=C\C(=C/C)COc1ccc(NCC(/C=C\C(=C)N2CC(CCC)(CCC)C2)=C/C)nn1)C(C)F.CC(C)=O. The summed E-state index contributed by atoms with van der Waals surface area (Å²) in [4.78, 5) is 11.8. The van der Waals surface area contributed by atoms with Crippen molar-refractivity contribution in [3.8, 4) is 5.88 Å². The number of nitrogens with zero attached hydrogens (tertiary/aromatic N) is 3. The van der Waals surface area contributed by atoms with E-state index in [0.717, 1.165) is 29.9 Å². The molecule has 7 heteroatoms. The Kier molecular flexibility index (Phi) is 16.3. The molecule has 2 heterocycles. The van der Waals surface area contributed by atoms with E-state index in [1.807, 2.05) is 26.0 Å². The monoisotopic (exact) mass is 566 g/mol. The Hall–Kier alpha value is -3.48. The molecule has 0 aromatic carbocycles. The number of nitrogens with one attached hydrogen (secondary N) is 1. The van der Waals surface area contributed by atoms with Gasteiger partial charge in [-0.25, -0.2) is 4.39 Å². The zero-order valence-corrected chi connectivity index (χ0v) is 26.3. The molecule has 1 unspecified atom stereocenters. The number of anilines is 1. The number of hydrogen-bond donors (Lipinski definition) is 1. The van der Waals surface area contributed by atoms with Crippen molar-refractivity contribution in [3.05, 3.63) is 84.2 Å². The minimum atomic E-state index is -1.07. The molecule has 41 heavy (non-hydrogen) atoms. The summed E-state index contributed by atoms with van der Waals surface area (Å²) >= 11 is 0. The molecule has 1 aliphatic heterocycles. The Morgan fingerprint density at radius 3 is 2.12 bits per heavy atom. The first-order valence-electron chi connectivity index (χ1n) is 14.6. The molecule has 1 aliphatic rings. The van der Waals surface area contributed by atoms with E-state index in [1.165, 1.54) is 46.5 Å². The third-order valence-corrected chi connectivity index (χ3v) is 6.77. The van der Waals surface area contributed by atoms with Gasteiger partial charge in [-0.05, 0) is 76.3 Å². The average molecular weight is 567 g/mol. The van der Waals surface area contributed by atoms with Crippen LogP contribution in [0.3, 0.4) is 0 Å². The highest BCUT2D eigenvalue weighted by atomic mass is 19.1. The molecule has 6 nitrogen and oxygen atoms in total. The first-order valence-corrected chi connectivity index (χ1v) is 14.6. The highest BCUT2D eigenvalue weighted by Gasteiger charge is 2.41. The van der Waals surface area contributed by atoms with Gasteiger partial charge in [0, 0.05) is 36.8 Å². The molecule has 1 aromatic heterocycles. The minimum absolute atomic E-state index is 0.167. The number of halogens is 1. The van der Waals surface area contributed by atoms with Crippen molar-refractivity contribution in [1.82, 2.24) is 15.1 Å². The molecule has 2 rings (SSSR count). The lowest BCUT2D eigenvalue weighted by Gasteiger charge is -2.52. The average Bonchev–Trinajstić information content (AvgIpc) is 2.91. The fourth-order valence-corrected chi connectivity index (χ4v) is 4.45. The van der Waals surface area contributed by atoms with Gasteiger partial charge in [-0.2, -0.15) is 0 Å². The molecule has 1 atom stereocenters. The quantitative estimate of drug-likeness (QED) is 0.203. The lowest BCUT2D eigenvalue weighted by molar-refractivity contribution is -0.115. The maximum Gasteiger partial charge on any atom is 0.233 e. The Morgan fingerprint density at radius 1 is 1.05 bits per heavy atom. The first-order chi connectivity index (χ1) is 19.5. The van der Waals surface area contributed by atoms with Crippen LogP contribution in [0, 0.1) is 5.41 Å². The normalized spacial score (nSPS) is 15.7. The lowest BCUT2D eigenvalue weighted by atomic mass is 9.72. The van der Waals surface area contributed by atoms with Crippen LogP contribution in [0.1, 0.15) is 74.1 Å². The third kappa shape index (κ3) is 13.6. The molecular weight excluding hydrogens is 515 g/mol. The lowest BCUT2D eigenvalue weighted by Crippen LogP contribution is -2.55. The summed E-state index contributed by atoms with van der Waals surface area (Å²) in [6.07, 6.45) is 15.7. The van der Waals surface area contributed by atoms with Gasteiger partial charge in [0.2, 0.25) is 5.88 Å². The summed E-state index contributed by atoms with van der Waals surface area (Å²) < 4.78 is 19.0. The van der Waals surface area contributed by atoms with Crippen LogP contribution >= 0.6 is 0 Å². The fourth-order valence-electron chi connectivity index (χ4n) is 4.45. The number of ether oxygens (including phenoxy) is 1. The third-order valence-electron chi connectivity index (χ3n) is 6.77. The Balaban J connectivity index is 0.00000196. The van der Waals surface area contributed by atoms with Gasteiger partial charge in [-0.1, -0.05) is 70.2 Å². The molecule has 0 saturated carbocycles. The van der Waals surface area contributed by atoms with Crippen LogP contribution < -0.4 is 10.1 Å². The number of carbonyl (C=O) groups is 1. The van der Waals surface area contributed by atoms with Crippen LogP contribution in [0.5, 0.6) is 5.88 Å². The Labute approximate surface area is 247 Å². The topological polar surface area (TPSA) is 67.3 Å². The van der Waals surface area contributed by atoms with Crippen LogP contribution in [0.2, 0.25) is 0 Å². The van der Waals surface area contributed by atoms with Crippen molar-refractivity contribution in [2.75, 3.05) is 31.6 Å². The summed E-state index contributed by atoms with van der Waals surface area (Å²) in [7, 11) is 0. The van der Waals surface area contributed by atoms with Gasteiger partial charge in [0.1, 0.15) is 24.4 Å². The van der Waals surface area contributed by atoms with Gasteiger partial charge in [0.25, 0.3) is 0 Å². The summed E-state index contributed by atoms with van der Waals surface area (Å²) in [5.74, 6) is 1.26. The number of carbonyl (C=O) groups excluding carboxylic acids is 1. The minimum Gasteiger partial charge on any atom is -0.472 e. The summed E-state index contributed by atoms with van der Waals surface area (Å²) in [6.45, 7) is 24.2.